The molecule has 0 aliphatic rings. The highest BCUT2D eigenvalue weighted by Gasteiger charge is 2.06. The minimum absolute atomic E-state index is 0.148. The van der Waals surface area contributed by atoms with Crippen LogP contribution in [0, 0.1) is 0 Å². The maximum Gasteiger partial charge on any atom is 0.186 e. The molecule has 0 unspecified atom stereocenters. The number of nitrogens with one attached hydrogen (secondary N) is 1. The molecule has 0 saturated carbocycles. The van der Waals surface area contributed by atoms with Crippen LogP contribution in [0.4, 0.5) is 0 Å². The molecule has 1 aromatic heterocycles. The molecule has 1 atom stereocenters. The van der Waals surface area contributed by atoms with E-state index in [-0.39, 0.29) is 12.0 Å². The number of rotatable bonds is 2. The summed E-state index contributed by atoms with van der Waals surface area (Å²) in [5, 5.41) is 8.63. The van der Waals surface area contributed by atoms with Gasteiger partial charge in [0.25, 0.3) is 0 Å². The Bertz CT molecular complexity index is 282. The highest BCUT2D eigenvalue weighted by molar-refractivity contribution is 5.13. The first-order valence-corrected chi connectivity index (χ1v) is 3.29. The second kappa shape index (κ2) is 3.32. The Labute approximate surface area is 63.7 Å². The van der Waals surface area contributed by atoms with Crippen LogP contribution in [0.5, 0.6) is 0 Å². The van der Waals surface area contributed by atoms with Crippen molar-refractivity contribution < 1.29 is 5.11 Å². The van der Waals surface area contributed by atoms with E-state index in [0.717, 1.165) is 0 Å². The van der Waals surface area contributed by atoms with Crippen molar-refractivity contribution >= 4 is 0 Å². The third-order valence-electron chi connectivity index (χ3n) is 1.45. The standard InChI is InChI=1S/C7H10N2O2/c8-6(4-10)5-3-9-2-1-7(5)11/h1-3,6,10H,4,8H2,(H,9,11)/t6-/m0/s1. The lowest BCUT2D eigenvalue weighted by Gasteiger charge is -2.05. The first kappa shape index (κ1) is 7.97. The van der Waals surface area contributed by atoms with E-state index < -0.39 is 6.04 Å². The SMILES string of the molecule is N[C@@H](CO)c1c[nH]ccc1=O. The number of pyridine rings is 1. The van der Waals surface area contributed by atoms with Gasteiger partial charge in [-0.15, -0.1) is 0 Å². The van der Waals surface area contributed by atoms with Gasteiger partial charge in [0.05, 0.1) is 12.6 Å². The lowest BCUT2D eigenvalue weighted by Crippen LogP contribution is -2.22. The average Bonchev–Trinajstić information content (AvgIpc) is 2.04. The Morgan fingerprint density at radius 2 is 2.45 bits per heavy atom. The minimum Gasteiger partial charge on any atom is -0.394 e. The maximum absolute atomic E-state index is 11.0. The predicted molar refractivity (Wildman–Crippen MR) is 41.1 cm³/mol. The first-order valence-electron chi connectivity index (χ1n) is 3.29. The van der Waals surface area contributed by atoms with Crippen LogP contribution in [0.15, 0.2) is 23.3 Å². The first-order chi connectivity index (χ1) is 5.25. The smallest absolute Gasteiger partial charge is 0.186 e. The second-order valence-corrected chi connectivity index (χ2v) is 2.25. The molecule has 60 valence electrons. The Kier molecular flexibility index (Phi) is 2.40. The molecule has 0 aromatic carbocycles. The number of aromatic nitrogens is 1. The van der Waals surface area contributed by atoms with Gasteiger partial charge in [0.15, 0.2) is 5.43 Å². The van der Waals surface area contributed by atoms with E-state index >= 15 is 0 Å². The summed E-state index contributed by atoms with van der Waals surface area (Å²) in [7, 11) is 0. The third-order valence-corrected chi connectivity index (χ3v) is 1.45. The number of aromatic amines is 1. The molecule has 0 fully saturated rings. The largest absolute Gasteiger partial charge is 0.394 e. The van der Waals surface area contributed by atoms with Crippen molar-refractivity contribution in [1.82, 2.24) is 4.98 Å². The molecule has 1 aromatic rings. The molecular weight excluding hydrogens is 144 g/mol. The topological polar surface area (TPSA) is 79.1 Å². The van der Waals surface area contributed by atoms with Gasteiger partial charge in [-0.2, -0.15) is 0 Å². The van der Waals surface area contributed by atoms with Crippen LogP contribution in [-0.4, -0.2) is 16.7 Å². The predicted octanol–water partition coefficient (Wildman–Crippen LogP) is -0.633. The van der Waals surface area contributed by atoms with Crippen molar-refractivity contribution in [2.45, 2.75) is 6.04 Å². The highest BCUT2D eigenvalue weighted by atomic mass is 16.3. The summed E-state index contributed by atoms with van der Waals surface area (Å²) < 4.78 is 0. The summed E-state index contributed by atoms with van der Waals surface area (Å²) in [4.78, 5) is 13.7. The number of hydrogen-bond donors (Lipinski definition) is 3. The minimum atomic E-state index is -0.583. The summed E-state index contributed by atoms with van der Waals surface area (Å²) in [6, 6.07) is 0.796. The van der Waals surface area contributed by atoms with E-state index in [2.05, 4.69) is 4.98 Å². The zero-order valence-electron chi connectivity index (χ0n) is 5.95. The Balaban J connectivity index is 3.03. The van der Waals surface area contributed by atoms with Crippen molar-refractivity contribution in [3.8, 4) is 0 Å². The van der Waals surface area contributed by atoms with Gasteiger partial charge in [-0.3, -0.25) is 4.79 Å². The van der Waals surface area contributed by atoms with E-state index in [4.69, 9.17) is 10.8 Å². The molecule has 0 radical (unpaired) electrons. The fourth-order valence-electron chi connectivity index (χ4n) is 0.817. The lowest BCUT2D eigenvalue weighted by atomic mass is 10.1. The van der Waals surface area contributed by atoms with Gasteiger partial charge in [-0.05, 0) is 0 Å². The molecule has 0 spiro atoms. The van der Waals surface area contributed by atoms with E-state index in [1.54, 1.807) is 0 Å². The van der Waals surface area contributed by atoms with E-state index in [1.807, 2.05) is 0 Å². The summed E-state index contributed by atoms with van der Waals surface area (Å²) in [5.41, 5.74) is 5.69. The van der Waals surface area contributed by atoms with Gasteiger partial charge in [-0.1, -0.05) is 0 Å². The fourth-order valence-corrected chi connectivity index (χ4v) is 0.817. The molecule has 4 N–H and O–H groups in total. The zero-order valence-corrected chi connectivity index (χ0v) is 5.95. The second-order valence-electron chi connectivity index (χ2n) is 2.25. The number of aliphatic hydroxyl groups excluding tert-OH is 1. The molecule has 4 nitrogen and oxygen atoms in total. The van der Waals surface area contributed by atoms with E-state index in [1.165, 1.54) is 18.5 Å². The van der Waals surface area contributed by atoms with Gasteiger partial charge in [0.1, 0.15) is 0 Å². The van der Waals surface area contributed by atoms with Gasteiger partial charge >= 0.3 is 0 Å². The van der Waals surface area contributed by atoms with Crippen LogP contribution >= 0.6 is 0 Å². The van der Waals surface area contributed by atoms with Gasteiger partial charge in [-0.25, -0.2) is 0 Å². The summed E-state index contributed by atoms with van der Waals surface area (Å²) in [6.45, 7) is -0.215. The molecule has 0 bridgehead atoms. The van der Waals surface area contributed by atoms with E-state index in [9.17, 15) is 4.79 Å². The van der Waals surface area contributed by atoms with Crippen molar-refractivity contribution in [2.75, 3.05) is 6.61 Å². The number of H-pyrrole nitrogens is 1. The van der Waals surface area contributed by atoms with Gasteiger partial charge < -0.3 is 15.8 Å². The van der Waals surface area contributed by atoms with Crippen LogP contribution in [0.3, 0.4) is 0 Å². The van der Waals surface area contributed by atoms with Crippen molar-refractivity contribution in [2.24, 2.45) is 5.73 Å². The normalized spacial score (nSPS) is 12.9. The quantitative estimate of drug-likeness (QED) is 0.530. The molecule has 0 aliphatic heterocycles. The number of aliphatic hydroxyl groups is 1. The van der Waals surface area contributed by atoms with Crippen LogP contribution in [-0.2, 0) is 0 Å². The zero-order chi connectivity index (χ0) is 8.27. The van der Waals surface area contributed by atoms with Crippen LogP contribution in [0.25, 0.3) is 0 Å². The number of nitrogens with two attached hydrogens (primary N) is 1. The van der Waals surface area contributed by atoms with E-state index in [0.29, 0.717) is 5.56 Å². The Hall–Kier alpha value is -1.13. The summed E-state index contributed by atoms with van der Waals surface area (Å²) >= 11 is 0. The Morgan fingerprint density at radius 1 is 1.73 bits per heavy atom. The van der Waals surface area contributed by atoms with Crippen LogP contribution in [0.1, 0.15) is 11.6 Å². The van der Waals surface area contributed by atoms with Crippen molar-refractivity contribution in [3.63, 3.8) is 0 Å². The number of hydrogen-bond acceptors (Lipinski definition) is 3. The Morgan fingerprint density at radius 3 is 3.00 bits per heavy atom. The maximum atomic E-state index is 11.0. The highest BCUT2D eigenvalue weighted by Crippen LogP contribution is 1.99. The molecule has 1 heterocycles. The molecule has 4 heteroatoms. The monoisotopic (exact) mass is 154 g/mol. The molecule has 0 aliphatic carbocycles. The average molecular weight is 154 g/mol. The van der Waals surface area contributed by atoms with Crippen molar-refractivity contribution in [3.05, 3.63) is 34.2 Å². The molecule has 0 amide bonds. The van der Waals surface area contributed by atoms with Crippen LogP contribution in [0.2, 0.25) is 0 Å². The third kappa shape index (κ3) is 1.66. The van der Waals surface area contributed by atoms with Gasteiger partial charge in [0.2, 0.25) is 0 Å². The summed E-state index contributed by atoms with van der Waals surface area (Å²) in [5.74, 6) is 0. The van der Waals surface area contributed by atoms with Crippen molar-refractivity contribution in [1.29, 1.82) is 0 Å². The molecule has 0 saturated heterocycles. The summed E-state index contributed by atoms with van der Waals surface area (Å²) in [6.07, 6.45) is 3.03. The van der Waals surface area contributed by atoms with Crippen LogP contribution < -0.4 is 11.2 Å². The lowest BCUT2D eigenvalue weighted by molar-refractivity contribution is 0.267. The van der Waals surface area contributed by atoms with Gasteiger partial charge in [0, 0.05) is 24.0 Å². The molecular formula is C7H10N2O2. The molecule has 1 rings (SSSR count). The molecule has 11 heavy (non-hydrogen) atoms. The fraction of sp³-hybridized carbons (Fsp3) is 0.286.